The van der Waals surface area contributed by atoms with Crippen LogP contribution < -0.4 is 0 Å². The van der Waals surface area contributed by atoms with E-state index < -0.39 is 21.5 Å². The minimum atomic E-state index is -3.78. The minimum Gasteiger partial charge on any atom is -0.481 e. The van der Waals surface area contributed by atoms with Gasteiger partial charge < -0.3 is 5.11 Å². The highest BCUT2D eigenvalue weighted by Gasteiger charge is 2.35. The molecule has 21 heavy (non-hydrogen) atoms. The summed E-state index contributed by atoms with van der Waals surface area (Å²) in [5.74, 6) is -1.03. The van der Waals surface area contributed by atoms with Crippen LogP contribution in [-0.4, -0.2) is 35.9 Å². The van der Waals surface area contributed by atoms with Crippen LogP contribution >= 0.6 is 15.9 Å². The molecule has 1 aromatic rings. The fraction of sp³-hybridized carbons (Fsp3) is 0.500. The predicted octanol–water partition coefficient (Wildman–Crippen LogP) is 3.02. The summed E-state index contributed by atoms with van der Waals surface area (Å²) >= 11 is 3.28. The van der Waals surface area contributed by atoms with Gasteiger partial charge in [0, 0.05) is 16.6 Å². The van der Waals surface area contributed by atoms with E-state index in [0.717, 1.165) is 5.56 Å². The zero-order valence-electron chi connectivity index (χ0n) is 12.6. The Labute approximate surface area is 134 Å². The Bertz CT molecular complexity index is 635. The number of hydrogen-bond acceptors (Lipinski definition) is 3. The lowest BCUT2D eigenvalue weighted by Gasteiger charge is -2.34. The molecule has 7 heteroatoms. The lowest BCUT2D eigenvalue weighted by atomic mass is 10.1. The number of rotatable bonds is 5. The van der Waals surface area contributed by atoms with Gasteiger partial charge in [-0.15, -0.1) is 0 Å². The maximum absolute atomic E-state index is 12.8. The highest BCUT2D eigenvalue weighted by atomic mass is 79.9. The van der Waals surface area contributed by atoms with Crippen molar-refractivity contribution < 1.29 is 18.3 Å². The van der Waals surface area contributed by atoms with Crippen molar-refractivity contribution in [2.75, 3.05) is 6.54 Å². The van der Waals surface area contributed by atoms with Crippen molar-refractivity contribution >= 4 is 31.9 Å². The lowest BCUT2D eigenvalue weighted by Crippen LogP contribution is -2.46. The summed E-state index contributed by atoms with van der Waals surface area (Å²) in [7, 11) is -3.78. The number of benzene rings is 1. The monoisotopic (exact) mass is 377 g/mol. The molecule has 0 unspecified atom stereocenters. The third-order valence-electron chi connectivity index (χ3n) is 2.93. The molecule has 0 heterocycles. The van der Waals surface area contributed by atoms with Gasteiger partial charge in [0.2, 0.25) is 10.0 Å². The molecule has 1 rings (SSSR count). The smallest absolute Gasteiger partial charge is 0.304 e. The Hall–Kier alpha value is -0.920. The van der Waals surface area contributed by atoms with Crippen LogP contribution in [0.3, 0.4) is 0 Å². The number of carbonyl (C=O) groups is 1. The molecule has 0 bridgehead atoms. The van der Waals surface area contributed by atoms with E-state index in [1.807, 2.05) is 6.92 Å². The Kier molecular flexibility index (Phi) is 5.57. The van der Waals surface area contributed by atoms with Crippen molar-refractivity contribution in [1.29, 1.82) is 0 Å². The van der Waals surface area contributed by atoms with Gasteiger partial charge in [0.1, 0.15) is 0 Å². The highest BCUT2D eigenvalue weighted by molar-refractivity contribution is 9.10. The molecule has 0 radical (unpaired) electrons. The summed E-state index contributed by atoms with van der Waals surface area (Å²) in [5.41, 5.74) is 0.229. The molecule has 1 aromatic carbocycles. The first kappa shape index (κ1) is 18.1. The van der Waals surface area contributed by atoms with Crippen LogP contribution in [0.5, 0.6) is 0 Å². The topological polar surface area (TPSA) is 74.7 Å². The number of aryl methyl sites for hydroxylation is 1. The Morgan fingerprint density at radius 1 is 1.33 bits per heavy atom. The first-order chi connectivity index (χ1) is 9.46. The van der Waals surface area contributed by atoms with E-state index in [9.17, 15) is 13.2 Å². The molecular formula is C14H20BrNO4S. The van der Waals surface area contributed by atoms with Crippen LogP contribution in [0.15, 0.2) is 27.6 Å². The molecule has 0 saturated carbocycles. The van der Waals surface area contributed by atoms with Crippen molar-refractivity contribution in [3.8, 4) is 0 Å². The fourth-order valence-electron chi connectivity index (χ4n) is 1.95. The number of nitrogens with zero attached hydrogens (tertiary/aromatic N) is 1. The third-order valence-corrected chi connectivity index (χ3v) is 6.07. The van der Waals surface area contributed by atoms with Gasteiger partial charge in [0.05, 0.1) is 11.3 Å². The largest absolute Gasteiger partial charge is 0.481 e. The minimum absolute atomic E-state index is 0.0680. The summed E-state index contributed by atoms with van der Waals surface area (Å²) in [6.07, 6.45) is -0.236. The summed E-state index contributed by atoms with van der Waals surface area (Å²) < 4.78 is 27.4. The van der Waals surface area contributed by atoms with E-state index in [-0.39, 0.29) is 17.9 Å². The van der Waals surface area contributed by atoms with Gasteiger partial charge in [0.25, 0.3) is 0 Å². The normalized spacial score (nSPS) is 12.7. The molecule has 0 aromatic heterocycles. The van der Waals surface area contributed by atoms with Gasteiger partial charge in [-0.25, -0.2) is 8.42 Å². The van der Waals surface area contributed by atoms with E-state index in [2.05, 4.69) is 15.9 Å². The average Bonchev–Trinajstić information content (AvgIpc) is 2.25. The first-order valence-corrected chi connectivity index (χ1v) is 8.70. The molecule has 0 fully saturated rings. The number of carboxylic acids is 1. The molecule has 0 amide bonds. The van der Waals surface area contributed by atoms with Gasteiger partial charge in [0.15, 0.2) is 0 Å². The molecule has 0 saturated heterocycles. The van der Waals surface area contributed by atoms with Crippen LogP contribution in [0.4, 0.5) is 0 Å². The van der Waals surface area contributed by atoms with Crippen LogP contribution in [0.1, 0.15) is 32.8 Å². The summed E-state index contributed by atoms with van der Waals surface area (Å²) in [4.78, 5) is 10.9. The van der Waals surface area contributed by atoms with Crippen molar-refractivity contribution in [1.82, 2.24) is 4.31 Å². The van der Waals surface area contributed by atoms with Crippen LogP contribution in [0.2, 0.25) is 0 Å². The molecule has 5 nitrogen and oxygen atoms in total. The molecule has 118 valence electrons. The number of carboxylic acid groups (broad SMARTS) is 1. The Balaban J connectivity index is 3.30. The van der Waals surface area contributed by atoms with Crippen molar-refractivity contribution in [2.45, 2.75) is 44.6 Å². The Morgan fingerprint density at radius 3 is 2.33 bits per heavy atom. The molecule has 0 aliphatic heterocycles. The standard InChI is InChI=1S/C14H20BrNO4S/c1-10-5-6-12(11(15)9-10)21(19,20)16(14(2,3)4)8-7-13(17)18/h5-6,9H,7-8H2,1-4H3,(H,17,18). The summed E-state index contributed by atoms with van der Waals surface area (Å²) in [6.45, 7) is 7.03. The highest BCUT2D eigenvalue weighted by Crippen LogP contribution is 2.30. The molecule has 1 N–H and O–H groups in total. The summed E-state index contributed by atoms with van der Waals surface area (Å²) in [6, 6.07) is 4.98. The second kappa shape index (κ2) is 6.46. The van der Waals surface area contributed by atoms with Crippen LogP contribution in [-0.2, 0) is 14.8 Å². The number of halogens is 1. The average molecular weight is 378 g/mol. The number of hydrogen-bond donors (Lipinski definition) is 1. The predicted molar refractivity (Wildman–Crippen MR) is 84.8 cm³/mol. The molecular weight excluding hydrogens is 358 g/mol. The number of sulfonamides is 1. The van der Waals surface area contributed by atoms with Gasteiger partial charge in [-0.3, -0.25) is 4.79 Å². The van der Waals surface area contributed by atoms with E-state index in [0.29, 0.717) is 4.47 Å². The lowest BCUT2D eigenvalue weighted by molar-refractivity contribution is -0.137. The quantitative estimate of drug-likeness (QED) is 0.855. The third kappa shape index (κ3) is 4.52. The molecule has 0 aliphatic rings. The van der Waals surface area contributed by atoms with Gasteiger partial charge in [-0.2, -0.15) is 4.31 Å². The fourth-order valence-corrected chi connectivity index (χ4v) is 4.89. The van der Waals surface area contributed by atoms with Gasteiger partial charge in [-0.05, 0) is 61.3 Å². The first-order valence-electron chi connectivity index (χ1n) is 6.47. The molecule has 0 atom stereocenters. The Morgan fingerprint density at radius 2 is 1.90 bits per heavy atom. The van der Waals surface area contributed by atoms with E-state index in [4.69, 9.17) is 5.11 Å². The van der Waals surface area contributed by atoms with Crippen molar-refractivity contribution in [2.24, 2.45) is 0 Å². The zero-order valence-corrected chi connectivity index (χ0v) is 15.0. The maximum Gasteiger partial charge on any atom is 0.304 e. The second-order valence-corrected chi connectivity index (χ2v) is 8.51. The molecule has 0 aliphatic carbocycles. The second-order valence-electron chi connectivity index (χ2n) is 5.83. The summed E-state index contributed by atoms with van der Waals surface area (Å²) in [5, 5.41) is 8.82. The van der Waals surface area contributed by atoms with Crippen molar-refractivity contribution in [3.05, 3.63) is 28.2 Å². The maximum atomic E-state index is 12.8. The van der Waals surface area contributed by atoms with E-state index in [1.165, 1.54) is 10.4 Å². The van der Waals surface area contributed by atoms with E-state index >= 15 is 0 Å². The van der Waals surface area contributed by atoms with Crippen LogP contribution in [0.25, 0.3) is 0 Å². The van der Waals surface area contributed by atoms with Gasteiger partial charge >= 0.3 is 5.97 Å². The van der Waals surface area contributed by atoms with Crippen LogP contribution in [0, 0.1) is 6.92 Å². The SMILES string of the molecule is Cc1ccc(S(=O)(=O)N(CCC(=O)O)C(C)(C)C)c(Br)c1. The van der Waals surface area contributed by atoms with Gasteiger partial charge in [-0.1, -0.05) is 6.07 Å². The number of aliphatic carboxylic acids is 1. The zero-order chi connectivity index (χ0) is 16.4. The van der Waals surface area contributed by atoms with E-state index in [1.54, 1.807) is 32.9 Å². The molecule has 0 spiro atoms. The van der Waals surface area contributed by atoms with Crippen molar-refractivity contribution in [3.63, 3.8) is 0 Å².